The monoisotopic (exact) mass is 256 g/mol. The average molecular weight is 256 g/mol. The number of ether oxygens (including phenoxy) is 1. The fourth-order valence-electron chi connectivity index (χ4n) is 1.08. The number of nitrogens with zero attached hydrogens (tertiary/aromatic N) is 1. The van der Waals surface area contributed by atoms with Crippen molar-refractivity contribution >= 4 is 10.3 Å². The molecule has 0 radical (unpaired) electrons. The second-order valence-corrected chi connectivity index (χ2v) is 4.71. The molecule has 0 saturated carbocycles. The van der Waals surface area contributed by atoms with Crippen molar-refractivity contribution in [2.75, 3.05) is 32.8 Å². The molecule has 98 valence electrons. The van der Waals surface area contributed by atoms with E-state index in [-0.39, 0.29) is 19.7 Å². The van der Waals surface area contributed by atoms with Crippen LogP contribution in [0.1, 0.15) is 13.3 Å². The predicted octanol–water partition coefficient (Wildman–Crippen LogP) is -1.16. The van der Waals surface area contributed by atoms with Gasteiger partial charge in [-0.1, -0.05) is 6.92 Å². The molecule has 0 heterocycles. The van der Waals surface area contributed by atoms with Crippen molar-refractivity contribution < 1.29 is 22.8 Å². The van der Waals surface area contributed by atoms with Crippen molar-refractivity contribution in [3.63, 3.8) is 0 Å². The van der Waals surface area contributed by atoms with Crippen LogP contribution in [0.5, 0.6) is 0 Å². The highest BCUT2D eigenvalue weighted by Crippen LogP contribution is 1.99. The fraction of sp³-hybridized carbons (Fsp3) is 1.00. The first kappa shape index (κ1) is 15.8. The Balaban J connectivity index is 3.88. The van der Waals surface area contributed by atoms with Gasteiger partial charge in [-0.15, -0.1) is 0 Å². The van der Waals surface area contributed by atoms with Crippen LogP contribution in [0.3, 0.4) is 0 Å². The van der Waals surface area contributed by atoms with Crippen LogP contribution in [0.4, 0.5) is 0 Å². The molecule has 0 spiro atoms. The summed E-state index contributed by atoms with van der Waals surface area (Å²) < 4.78 is 36.2. The zero-order valence-corrected chi connectivity index (χ0v) is 10.2. The van der Waals surface area contributed by atoms with Crippen molar-refractivity contribution in [3.8, 4) is 0 Å². The molecule has 8 heteroatoms. The second-order valence-electron chi connectivity index (χ2n) is 3.30. The van der Waals surface area contributed by atoms with E-state index in [1.807, 2.05) is 0 Å². The minimum absolute atomic E-state index is 0.0199. The van der Waals surface area contributed by atoms with E-state index in [4.69, 9.17) is 15.0 Å². The summed E-state index contributed by atoms with van der Waals surface area (Å²) in [4.78, 5) is 0. The van der Waals surface area contributed by atoms with Gasteiger partial charge in [0, 0.05) is 19.7 Å². The van der Waals surface area contributed by atoms with Gasteiger partial charge in [0.15, 0.2) is 0 Å². The summed E-state index contributed by atoms with van der Waals surface area (Å²) in [7, 11) is -4.25. The third-order valence-electron chi connectivity index (χ3n) is 1.90. The lowest BCUT2D eigenvalue weighted by molar-refractivity contribution is 0.0271. The zero-order valence-electron chi connectivity index (χ0n) is 9.37. The van der Waals surface area contributed by atoms with Crippen LogP contribution in [-0.2, 0) is 15.0 Å². The van der Waals surface area contributed by atoms with Gasteiger partial charge in [-0.3, -0.25) is 4.55 Å². The molecular formula is C8H20N2O5S. The van der Waals surface area contributed by atoms with E-state index in [9.17, 15) is 13.5 Å². The Hall–Kier alpha value is -0.250. The van der Waals surface area contributed by atoms with Gasteiger partial charge in [0.25, 0.3) is 0 Å². The third kappa shape index (κ3) is 7.09. The highest BCUT2D eigenvalue weighted by molar-refractivity contribution is 7.83. The predicted molar refractivity (Wildman–Crippen MR) is 59.3 cm³/mol. The van der Waals surface area contributed by atoms with Crippen molar-refractivity contribution in [2.45, 2.75) is 19.4 Å². The first-order chi connectivity index (χ1) is 7.41. The Morgan fingerprint density at radius 2 is 2.12 bits per heavy atom. The number of hydrogen-bond acceptors (Lipinski definition) is 5. The zero-order chi connectivity index (χ0) is 12.6. The van der Waals surface area contributed by atoms with Gasteiger partial charge in [0.2, 0.25) is 0 Å². The molecule has 0 saturated heterocycles. The van der Waals surface area contributed by atoms with E-state index >= 15 is 0 Å². The van der Waals surface area contributed by atoms with Crippen LogP contribution in [-0.4, -0.2) is 61.3 Å². The molecule has 0 aliphatic heterocycles. The van der Waals surface area contributed by atoms with Crippen LogP contribution in [0.2, 0.25) is 0 Å². The molecule has 0 aromatic heterocycles. The number of aliphatic hydroxyl groups is 1. The lowest BCUT2D eigenvalue weighted by Gasteiger charge is -2.19. The fourth-order valence-corrected chi connectivity index (χ4v) is 1.77. The first-order valence-electron chi connectivity index (χ1n) is 5.10. The normalized spacial score (nSPS) is 14.3. The van der Waals surface area contributed by atoms with Crippen molar-refractivity contribution in [1.82, 2.24) is 4.31 Å². The van der Waals surface area contributed by atoms with E-state index in [1.165, 1.54) is 0 Å². The molecule has 7 nitrogen and oxygen atoms in total. The van der Waals surface area contributed by atoms with Crippen molar-refractivity contribution in [3.05, 3.63) is 0 Å². The van der Waals surface area contributed by atoms with Gasteiger partial charge in [0.05, 0.1) is 12.7 Å². The number of rotatable bonds is 9. The molecule has 16 heavy (non-hydrogen) atoms. The molecule has 0 aromatic rings. The van der Waals surface area contributed by atoms with E-state index in [2.05, 4.69) is 0 Å². The van der Waals surface area contributed by atoms with Crippen LogP contribution in [0.15, 0.2) is 0 Å². The van der Waals surface area contributed by atoms with Crippen LogP contribution < -0.4 is 5.73 Å². The van der Waals surface area contributed by atoms with E-state index in [0.717, 1.165) is 4.31 Å². The summed E-state index contributed by atoms with van der Waals surface area (Å²) in [6, 6.07) is 0. The summed E-state index contributed by atoms with van der Waals surface area (Å²) >= 11 is 0. The topological polar surface area (TPSA) is 113 Å². The minimum atomic E-state index is -4.25. The SMILES string of the molecule is CCN(CC(O)COCCCN)S(=O)(=O)O. The summed E-state index contributed by atoms with van der Waals surface area (Å²) in [5.74, 6) is 0. The van der Waals surface area contributed by atoms with Crippen LogP contribution >= 0.6 is 0 Å². The van der Waals surface area contributed by atoms with Gasteiger partial charge in [-0.05, 0) is 13.0 Å². The molecule has 1 atom stereocenters. The Kier molecular flexibility index (Phi) is 7.81. The number of aliphatic hydroxyl groups excluding tert-OH is 1. The van der Waals surface area contributed by atoms with E-state index < -0.39 is 16.4 Å². The lowest BCUT2D eigenvalue weighted by atomic mass is 10.3. The molecular weight excluding hydrogens is 236 g/mol. The smallest absolute Gasteiger partial charge is 0.335 e. The number of likely N-dealkylation sites (N-methyl/N-ethyl adjacent to an activating group) is 1. The maximum Gasteiger partial charge on any atom is 0.335 e. The highest BCUT2D eigenvalue weighted by Gasteiger charge is 2.20. The van der Waals surface area contributed by atoms with Gasteiger partial charge < -0.3 is 15.6 Å². The van der Waals surface area contributed by atoms with Gasteiger partial charge in [0.1, 0.15) is 0 Å². The molecule has 0 aliphatic carbocycles. The molecule has 0 bridgehead atoms. The quantitative estimate of drug-likeness (QED) is 0.354. The molecule has 0 amide bonds. The average Bonchev–Trinajstić information content (AvgIpc) is 2.19. The first-order valence-corrected chi connectivity index (χ1v) is 6.50. The summed E-state index contributed by atoms with van der Waals surface area (Å²) in [5.41, 5.74) is 5.24. The third-order valence-corrected chi connectivity index (χ3v) is 2.96. The summed E-state index contributed by atoms with van der Waals surface area (Å²) in [6.45, 7) is 2.42. The lowest BCUT2D eigenvalue weighted by Crippen LogP contribution is -2.38. The number of hydrogen-bond donors (Lipinski definition) is 3. The van der Waals surface area contributed by atoms with E-state index in [1.54, 1.807) is 6.92 Å². The standard InChI is InChI=1S/C8H20N2O5S/c1-2-10(16(12,13)14)6-8(11)7-15-5-3-4-9/h8,11H,2-7,9H2,1H3,(H,12,13,14). The second kappa shape index (κ2) is 7.93. The van der Waals surface area contributed by atoms with Gasteiger partial charge in [-0.25, -0.2) is 0 Å². The molecule has 4 N–H and O–H groups in total. The molecule has 1 unspecified atom stereocenters. The molecule has 0 aliphatic rings. The summed E-state index contributed by atoms with van der Waals surface area (Å²) in [6.07, 6.45) is -0.276. The van der Waals surface area contributed by atoms with Gasteiger partial charge in [-0.2, -0.15) is 12.7 Å². The molecule has 0 rings (SSSR count). The maximum atomic E-state index is 10.8. The van der Waals surface area contributed by atoms with Gasteiger partial charge >= 0.3 is 10.3 Å². The molecule has 0 fully saturated rings. The van der Waals surface area contributed by atoms with Crippen LogP contribution in [0, 0.1) is 0 Å². The molecule has 0 aromatic carbocycles. The highest BCUT2D eigenvalue weighted by atomic mass is 32.2. The Morgan fingerprint density at radius 1 is 1.50 bits per heavy atom. The maximum absolute atomic E-state index is 10.8. The van der Waals surface area contributed by atoms with E-state index in [0.29, 0.717) is 19.6 Å². The van der Waals surface area contributed by atoms with Crippen molar-refractivity contribution in [2.24, 2.45) is 5.73 Å². The minimum Gasteiger partial charge on any atom is -0.389 e. The Morgan fingerprint density at radius 3 is 2.56 bits per heavy atom. The summed E-state index contributed by atoms with van der Waals surface area (Å²) in [5, 5.41) is 9.44. The Labute approximate surface area is 96.1 Å². The van der Waals surface area contributed by atoms with Crippen LogP contribution in [0.25, 0.3) is 0 Å². The Bertz CT molecular complexity index is 270. The number of nitrogens with two attached hydrogens (primary N) is 1. The largest absolute Gasteiger partial charge is 0.389 e. The van der Waals surface area contributed by atoms with Crippen molar-refractivity contribution in [1.29, 1.82) is 0 Å².